The molecule has 154 valence electrons. The highest BCUT2D eigenvalue weighted by Crippen LogP contribution is 2.25. The Labute approximate surface area is 177 Å². The molecule has 0 atom stereocenters. The maximum atomic E-state index is 13.1. The molecule has 1 heterocycles. The number of likely N-dealkylation sites (N-methyl/N-ethyl adjacent to an activating group) is 1. The van der Waals surface area contributed by atoms with Crippen LogP contribution in [0.15, 0.2) is 83.8 Å². The lowest BCUT2D eigenvalue weighted by molar-refractivity contribution is 0.0751. The Bertz CT molecular complexity index is 1140. The standard InChI is InChI=1S/C24H24N2O3S/c1-25-15-16-26(17-21-7-5-6-10-23(21)25)24(27)20-13-11-19(12-14-20)18-30(28,29)22-8-3-2-4-9-22/h2-14H,15-18H2,1H3. The summed E-state index contributed by atoms with van der Waals surface area (Å²) >= 11 is 0. The lowest BCUT2D eigenvalue weighted by Crippen LogP contribution is -2.34. The number of anilines is 1. The molecular weight excluding hydrogens is 396 g/mol. The Hall–Kier alpha value is -3.12. The number of hydrogen-bond acceptors (Lipinski definition) is 4. The highest BCUT2D eigenvalue weighted by Gasteiger charge is 2.22. The van der Waals surface area contributed by atoms with Gasteiger partial charge in [0.15, 0.2) is 9.84 Å². The fraction of sp³-hybridized carbons (Fsp3) is 0.208. The lowest BCUT2D eigenvalue weighted by Gasteiger charge is -2.21. The number of nitrogens with zero attached hydrogens (tertiary/aromatic N) is 2. The molecule has 0 fully saturated rings. The second kappa shape index (κ2) is 8.32. The summed E-state index contributed by atoms with van der Waals surface area (Å²) in [4.78, 5) is 17.4. The Morgan fingerprint density at radius 1 is 0.867 bits per heavy atom. The number of hydrogen-bond donors (Lipinski definition) is 0. The molecule has 0 saturated heterocycles. The van der Waals surface area contributed by atoms with Crippen molar-refractivity contribution in [1.29, 1.82) is 0 Å². The van der Waals surface area contributed by atoms with Crippen LogP contribution in [0.25, 0.3) is 0 Å². The SMILES string of the molecule is CN1CCN(C(=O)c2ccc(CS(=O)(=O)c3ccccc3)cc2)Cc2ccccc21. The maximum absolute atomic E-state index is 13.1. The molecule has 1 aliphatic rings. The maximum Gasteiger partial charge on any atom is 0.254 e. The summed E-state index contributed by atoms with van der Waals surface area (Å²) in [5.41, 5.74) is 3.50. The molecule has 1 aliphatic heterocycles. The van der Waals surface area contributed by atoms with Crippen molar-refractivity contribution < 1.29 is 13.2 Å². The van der Waals surface area contributed by atoms with Crippen molar-refractivity contribution in [2.24, 2.45) is 0 Å². The molecule has 3 aromatic rings. The number of fused-ring (bicyclic) bond motifs is 1. The molecular formula is C24H24N2O3S. The van der Waals surface area contributed by atoms with Crippen molar-refractivity contribution in [2.75, 3.05) is 25.0 Å². The first-order valence-corrected chi connectivity index (χ1v) is 11.5. The van der Waals surface area contributed by atoms with Crippen LogP contribution in [0.1, 0.15) is 21.5 Å². The summed E-state index contributed by atoms with van der Waals surface area (Å²) < 4.78 is 25.1. The smallest absolute Gasteiger partial charge is 0.254 e. The van der Waals surface area contributed by atoms with E-state index in [0.29, 0.717) is 29.1 Å². The van der Waals surface area contributed by atoms with Gasteiger partial charge in [-0.05, 0) is 41.5 Å². The van der Waals surface area contributed by atoms with E-state index in [1.807, 2.05) is 24.1 Å². The fourth-order valence-corrected chi connectivity index (χ4v) is 5.09. The second-order valence-corrected chi connectivity index (χ2v) is 9.54. The largest absolute Gasteiger partial charge is 0.373 e. The molecule has 3 aromatic carbocycles. The minimum Gasteiger partial charge on any atom is -0.373 e. The number of carbonyl (C=O) groups excluding carboxylic acids is 1. The molecule has 0 N–H and O–H groups in total. The van der Waals surface area contributed by atoms with Gasteiger partial charge in [-0.2, -0.15) is 0 Å². The summed E-state index contributed by atoms with van der Waals surface area (Å²) in [6.07, 6.45) is 0. The first-order valence-electron chi connectivity index (χ1n) is 9.89. The van der Waals surface area contributed by atoms with Gasteiger partial charge in [0, 0.05) is 37.9 Å². The minimum atomic E-state index is -3.41. The van der Waals surface area contributed by atoms with Crippen LogP contribution in [0.5, 0.6) is 0 Å². The molecule has 0 aliphatic carbocycles. The molecule has 0 spiro atoms. The predicted molar refractivity (Wildman–Crippen MR) is 118 cm³/mol. The Morgan fingerprint density at radius 3 is 2.27 bits per heavy atom. The van der Waals surface area contributed by atoms with Crippen LogP contribution in [-0.2, 0) is 22.1 Å². The van der Waals surface area contributed by atoms with Crippen LogP contribution in [0.4, 0.5) is 5.69 Å². The van der Waals surface area contributed by atoms with E-state index in [0.717, 1.165) is 17.8 Å². The van der Waals surface area contributed by atoms with Crippen LogP contribution < -0.4 is 4.90 Å². The van der Waals surface area contributed by atoms with E-state index in [4.69, 9.17) is 0 Å². The average Bonchev–Trinajstić information content (AvgIpc) is 2.93. The molecule has 0 aromatic heterocycles. The van der Waals surface area contributed by atoms with Crippen molar-refractivity contribution in [3.05, 3.63) is 95.6 Å². The third kappa shape index (κ3) is 4.24. The Kier molecular flexibility index (Phi) is 5.59. The van der Waals surface area contributed by atoms with Gasteiger partial charge in [0.2, 0.25) is 0 Å². The zero-order chi connectivity index (χ0) is 21.1. The monoisotopic (exact) mass is 420 g/mol. The highest BCUT2D eigenvalue weighted by molar-refractivity contribution is 7.90. The highest BCUT2D eigenvalue weighted by atomic mass is 32.2. The molecule has 4 rings (SSSR count). The summed E-state index contributed by atoms with van der Waals surface area (Å²) in [6.45, 7) is 1.95. The Morgan fingerprint density at radius 2 is 1.53 bits per heavy atom. The third-order valence-corrected chi connectivity index (χ3v) is 7.12. The van der Waals surface area contributed by atoms with Crippen molar-refractivity contribution in [1.82, 2.24) is 4.90 Å². The van der Waals surface area contributed by atoms with Crippen molar-refractivity contribution in [3.8, 4) is 0 Å². The van der Waals surface area contributed by atoms with Crippen LogP contribution in [0.3, 0.4) is 0 Å². The normalized spacial score (nSPS) is 14.2. The van der Waals surface area contributed by atoms with Crippen LogP contribution in [0.2, 0.25) is 0 Å². The predicted octanol–water partition coefficient (Wildman–Crippen LogP) is 3.75. The lowest BCUT2D eigenvalue weighted by atomic mass is 10.1. The van der Waals surface area contributed by atoms with E-state index in [1.165, 1.54) is 0 Å². The molecule has 5 nitrogen and oxygen atoms in total. The van der Waals surface area contributed by atoms with Gasteiger partial charge in [-0.25, -0.2) is 8.42 Å². The summed E-state index contributed by atoms with van der Waals surface area (Å²) in [7, 11) is -1.38. The quantitative estimate of drug-likeness (QED) is 0.645. The molecule has 0 saturated carbocycles. The summed E-state index contributed by atoms with van der Waals surface area (Å²) in [6, 6.07) is 23.4. The number of carbonyl (C=O) groups is 1. The molecule has 1 amide bonds. The number of amides is 1. The topological polar surface area (TPSA) is 57.7 Å². The molecule has 30 heavy (non-hydrogen) atoms. The summed E-state index contributed by atoms with van der Waals surface area (Å²) in [5.74, 6) is -0.134. The zero-order valence-corrected chi connectivity index (χ0v) is 17.7. The number of sulfone groups is 1. The molecule has 0 unspecified atom stereocenters. The summed E-state index contributed by atoms with van der Waals surface area (Å²) in [5, 5.41) is 0. The van der Waals surface area contributed by atoms with E-state index < -0.39 is 9.84 Å². The van der Waals surface area contributed by atoms with E-state index in [-0.39, 0.29) is 11.7 Å². The van der Waals surface area contributed by atoms with Gasteiger partial charge in [0.1, 0.15) is 0 Å². The number of rotatable bonds is 4. The van der Waals surface area contributed by atoms with E-state index >= 15 is 0 Å². The second-order valence-electron chi connectivity index (χ2n) is 7.55. The first-order chi connectivity index (χ1) is 14.4. The van der Waals surface area contributed by atoms with Gasteiger partial charge < -0.3 is 9.80 Å². The van der Waals surface area contributed by atoms with Gasteiger partial charge in [-0.3, -0.25) is 4.79 Å². The zero-order valence-electron chi connectivity index (χ0n) is 16.9. The molecule has 0 radical (unpaired) electrons. The average molecular weight is 421 g/mol. The molecule has 6 heteroatoms. The van der Waals surface area contributed by atoms with Crippen LogP contribution in [0, 0.1) is 0 Å². The van der Waals surface area contributed by atoms with Gasteiger partial charge in [-0.15, -0.1) is 0 Å². The Balaban J connectivity index is 1.50. The minimum absolute atomic E-state index is 0.0439. The van der Waals surface area contributed by atoms with Gasteiger partial charge in [-0.1, -0.05) is 48.5 Å². The van der Waals surface area contributed by atoms with Gasteiger partial charge in [0.25, 0.3) is 5.91 Å². The van der Waals surface area contributed by atoms with Crippen LogP contribution >= 0.6 is 0 Å². The van der Waals surface area contributed by atoms with Gasteiger partial charge >= 0.3 is 0 Å². The van der Waals surface area contributed by atoms with E-state index in [2.05, 4.69) is 17.0 Å². The van der Waals surface area contributed by atoms with E-state index in [9.17, 15) is 13.2 Å². The van der Waals surface area contributed by atoms with Crippen LogP contribution in [-0.4, -0.2) is 39.4 Å². The van der Waals surface area contributed by atoms with E-state index in [1.54, 1.807) is 54.6 Å². The van der Waals surface area contributed by atoms with Crippen molar-refractivity contribution in [2.45, 2.75) is 17.2 Å². The van der Waals surface area contributed by atoms with Crippen molar-refractivity contribution >= 4 is 21.4 Å². The molecule has 0 bridgehead atoms. The number of para-hydroxylation sites is 1. The first kappa shape index (κ1) is 20.2. The fourth-order valence-electron chi connectivity index (χ4n) is 3.72. The third-order valence-electron chi connectivity index (χ3n) is 5.42. The van der Waals surface area contributed by atoms with Crippen molar-refractivity contribution in [3.63, 3.8) is 0 Å². The van der Waals surface area contributed by atoms with Gasteiger partial charge in [0.05, 0.1) is 10.6 Å². The number of benzene rings is 3.